The molecule has 0 saturated carbocycles. The van der Waals surface area contributed by atoms with Crippen molar-refractivity contribution in [2.24, 2.45) is 5.73 Å². The van der Waals surface area contributed by atoms with Crippen molar-refractivity contribution in [3.05, 3.63) is 42.4 Å². The number of aromatic nitrogens is 3. The summed E-state index contributed by atoms with van der Waals surface area (Å²) in [5, 5.41) is 9.62. The van der Waals surface area contributed by atoms with Crippen LogP contribution in [0.5, 0.6) is 0 Å². The van der Waals surface area contributed by atoms with Crippen molar-refractivity contribution < 1.29 is 4.42 Å². The molecule has 22 heavy (non-hydrogen) atoms. The molecule has 0 bridgehead atoms. The first-order valence-corrected chi connectivity index (χ1v) is 7.42. The van der Waals surface area contributed by atoms with Gasteiger partial charge < -0.3 is 10.2 Å². The van der Waals surface area contributed by atoms with E-state index in [1.165, 1.54) is 0 Å². The maximum atomic E-state index is 5.92. The number of nitrogens with two attached hydrogens (primary N) is 1. The van der Waals surface area contributed by atoms with Crippen molar-refractivity contribution in [2.75, 3.05) is 13.1 Å². The predicted molar refractivity (Wildman–Crippen MR) is 82.9 cm³/mol. The van der Waals surface area contributed by atoms with Crippen LogP contribution in [0.2, 0.25) is 0 Å². The molecule has 3 aromatic rings. The Bertz CT molecular complexity index is 783. The molecular weight excluding hydrogens is 278 g/mol. The monoisotopic (exact) mass is 295 g/mol. The molecule has 3 aromatic heterocycles. The van der Waals surface area contributed by atoms with Crippen molar-refractivity contribution in [1.82, 2.24) is 20.1 Å². The molecule has 2 N–H and O–H groups in total. The number of nitrogens with zero attached hydrogens (tertiary/aromatic N) is 4. The molecule has 4 rings (SSSR count). The maximum absolute atomic E-state index is 5.92. The largest absolute Gasteiger partial charge is 0.446 e. The SMILES string of the molecule is NC1CCN(Cc2ccc(-c3cnc4occc4c3)nn2)C1. The molecule has 1 unspecified atom stereocenters. The summed E-state index contributed by atoms with van der Waals surface area (Å²) in [5.41, 5.74) is 9.29. The van der Waals surface area contributed by atoms with Gasteiger partial charge in [0.05, 0.1) is 17.7 Å². The summed E-state index contributed by atoms with van der Waals surface area (Å²) < 4.78 is 5.25. The lowest BCUT2D eigenvalue weighted by molar-refractivity contribution is 0.321. The molecule has 1 aliphatic heterocycles. The van der Waals surface area contributed by atoms with Crippen molar-refractivity contribution in [1.29, 1.82) is 0 Å². The topological polar surface area (TPSA) is 81.1 Å². The van der Waals surface area contributed by atoms with Crippen LogP contribution in [-0.4, -0.2) is 39.2 Å². The van der Waals surface area contributed by atoms with E-state index < -0.39 is 0 Å². The van der Waals surface area contributed by atoms with E-state index >= 15 is 0 Å². The Balaban J connectivity index is 1.53. The van der Waals surface area contributed by atoms with Gasteiger partial charge in [-0.15, -0.1) is 0 Å². The van der Waals surface area contributed by atoms with E-state index in [1.54, 1.807) is 12.5 Å². The minimum atomic E-state index is 0.292. The van der Waals surface area contributed by atoms with Crippen LogP contribution in [0.1, 0.15) is 12.1 Å². The van der Waals surface area contributed by atoms with Gasteiger partial charge in [0.2, 0.25) is 5.71 Å². The van der Waals surface area contributed by atoms with Gasteiger partial charge in [0.1, 0.15) is 0 Å². The fourth-order valence-electron chi connectivity index (χ4n) is 2.83. The smallest absolute Gasteiger partial charge is 0.225 e. The molecule has 0 aliphatic carbocycles. The van der Waals surface area contributed by atoms with Crippen molar-refractivity contribution in [3.63, 3.8) is 0 Å². The molecular formula is C16H17N5O. The highest BCUT2D eigenvalue weighted by atomic mass is 16.3. The molecule has 1 saturated heterocycles. The van der Waals surface area contributed by atoms with Gasteiger partial charge >= 0.3 is 0 Å². The van der Waals surface area contributed by atoms with Gasteiger partial charge in [0.25, 0.3) is 0 Å². The Hall–Kier alpha value is -2.31. The van der Waals surface area contributed by atoms with Crippen LogP contribution in [-0.2, 0) is 6.54 Å². The van der Waals surface area contributed by atoms with Crippen LogP contribution in [0.15, 0.2) is 41.1 Å². The van der Waals surface area contributed by atoms with E-state index in [-0.39, 0.29) is 0 Å². The number of furan rings is 1. The van der Waals surface area contributed by atoms with Gasteiger partial charge in [-0.2, -0.15) is 10.2 Å². The molecule has 112 valence electrons. The van der Waals surface area contributed by atoms with Crippen LogP contribution in [0.3, 0.4) is 0 Å². The van der Waals surface area contributed by atoms with Crippen LogP contribution in [0.4, 0.5) is 0 Å². The number of hydrogen-bond acceptors (Lipinski definition) is 6. The molecule has 1 aliphatic rings. The van der Waals surface area contributed by atoms with Gasteiger partial charge in [0.15, 0.2) is 0 Å². The van der Waals surface area contributed by atoms with Gasteiger partial charge in [-0.05, 0) is 30.7 Å². The van der Waals surface area contributed by atoms with Crippen LogP contribution in [0.25, 0.3) is 22.4 Å². The minimum absolute atomic E-state index is 0.292. The molecule has 6 nitrogen and oxygen atoms in total. The first-order valence-electron chi connectivity index (χ1n) is 7.42. The van der Waals surface area contributed by atoms with Crippen LogP contribution < -0.4 is 5.73 Å². The van der Waals surface area contributed by atoms with E-state index in [2.05, 4.69) is 20.1 Å². The second-order valence-corrected chi connectivity index (χ2v) is 5.73. The first kappa shape index (κ1) is 13.4. The summed E-state index contributed by atoms with van der Waals surface area (Å²) in [7, 11) is 0. The summed E-state index contributed by atoms with van der Waals surface area (Å²) in [4.78, 5) is 6.59. The van der Waals surface area contributed by atoms with E-state index in [9.17, 15) is 0 Å². The molecule has 0 radical (unpaired) electrons. The number of likely N-dealkylation sites (tertiary alicyclic amines) is 1. The third kappa shape index (κ3) is 2.58. The highest BCUT2D eigenvalue weighted by molar-refractivity contribution is 5.78. The summed E-state index contributed by atoms with van der Waals surface area (Å²) in [6.45, 7) is 2.77. The Morgan fingerprint density at radius 3 is 3.00 bits per heavy atom. The summed E-state index contributed by atoms with van der Waals surface area (Å²) in [6, 6.07) is 8.20. The zero-order chi connectivity index (χ0) is 14.9. The highest BCUT2D eigenvalue weighted by Gasteiger charge is 2.19. The lowest BCUT2D eigenvalue weighted by Crippen LogP contribution is -2.26. The lowest BCUT2D eigenvalue weighted by atomic mass is 10.1. The van der Waals surface area contributed by atoms with E-state index in [0.29, 0.717) is 11.8 Å². The zero-order valence-corrected chi connectivity index (χ0v) is 12.1. The predicted octanol–water partition coefficient (Wildman–Crippen LogP) is 1.82. The quantitative estimate of drug-likeness (QED) is 0.793. The summed E-state index contributed by atoms with van der Waals surface area (Å²) in [6.07, 6.45) is 4.45. The number of pyridine rings is 1. The fourth-order valence-corrected chi connectivity index (χ4v) is 2.83. The highest BCUT2D eigenvalue weighted by Crippen LogP contribution is 2.21. The van der Waals surface area contributed by atoms with Crippen LogP contribution >= 0.6 is 0 Å². The van der Waals surface area contributed by atoms with Gasteiger partial charge in [-0.1, -0.05) is 0 Å². The van der Waals surface area contributed by atoms with Crippen molar-refractivity contribution in [2.45, 2.75) is 19.0 Å². The Morgan fingerprint density at radius 2 is 2.23 bits per heavy atom. The zero-order valence-electron chi connectivity index (χ0n) is 12.1. The molecule has 0 spiro atoms. The Morgan fingerprint density at radius 1 is 1.27 bits per heavy atom. The fraction of sp³-hybridized carbons (Fsp3) is 0.312. The Labute approximate surface area is 128 Å². The molecule has 4 heterocycles. The van der Waals surface area contributed by atoms with Gasteiger partial charge in [-0.25, -0.2) is 4.98 Å². The lowest BCUT2D eigenvalue weighted by Gasteiger charge is -2.13. The average Bonchev–Trinajstić information content (AvgIpc) is 3.16. The van der Waals surface area contributed by atoms with Gasteiger partial charge in [0, 0.05) is 42.8 Å². The Kier molecular flexibility index (Phi) is 3.32. The molecule has 0 amide bonds. The summed E-state index contributed by atoms with van der Waals surface area (Å²) in [5.74, 6) is 0. The standard InChI is InChI=1S/C16H17N5O/c17-13-3-5-21(9-13)10-14-1-2-15(20-19-14)12-7-11-4-6-22-16(11)18-8-12/h1-2,4,6-8,13H,3,5,9-10,17H2. The van der Waals surface area contributed by atoms with E-state index in [4.69, 9.17) is 10.2 Å². The van der Waals surface area contributed by atoms with Crippen molar-refractivity contribution >= 4 is 11.1 Å². The number of fused-ring (bicyclic) bond motifs is 1. The number of hydrogen-bond donors (Lipinski definition) is 1. The molecule has 0 aromatic carbocycles. The maximum Gasteiger partial charge on any atom is 0.225 e. The molecule has 1 fully saturated rings. The van der Waals surface area contributed by atoms with E-state index in [0.717, 1.165) is 48.4 Å². The molecule has 1 atom stereocenters. The normalized spacial score (nSPS) is 19.0. The second-order valence-electron chi connectivity index (χ2n) is 5.73. The first-order chi connectivity index (χ1) is 10.8. The number of rotatable bonds is 3. The average molecular weight is 295 g/mol. The molecule has 6 heteroatoms. The van der Waals surface area contributed by atoms with Crippen LogP contribution in [0, 0.1) is 0 Å². The van der Waals surface area contributed by atoms with E-state index in [1.807, 2.05) is 24.3 Å². The van der Waals surface area contributed by atoms with Crippen molar-refractivity contribution in [3.8, 4) is 11.3 Å². The van der Waals surface area contributed by atoms with Gasteiger partial charge in [-0.3, -0.25) is 4.90 Å². The third-order valence-electron chi connectivity index (χ3n) is 4.02. The third-order valence-corrected chi connectivity index (χ3v) is 4.02. The second kappa shape index (κ2) is 5.47. The summed E-state index contributed by atoms with van der Waals surface area (Å²) >= 11 is 0. The minimum Gasteiger partial charge on any atom is -0.446 e.